The van der Waals surface area contributed by atoms with Crippen molar-refractivity contribution in [3.8, 4) is 5.75 Å². The number of rotatable bonds is 13. The summed E-state index contributed by atoms with van der Waals surface area (Å²) >= 11 is 1.35. The van der Waals surface area contributed by atoms with Gasteiger partial charge in [0.05, 0.1) is 6.61 Å². The quantitative estimate of drug-likeness (QED) is 0.116. The molecule has 6 N–H and O–H groups in total. The minimum atomic E-state index is -0.841. The lowest BCUT2D eigenvalue weighted by Crippen LogP contribution is -2.23. The zero-order valence-corrected chi connectivity index (χ0v) is 19.6. The van der Waals surface area contributed by atoms with Crippen LogP contribution in [0.3, 0.4) is 0 Å². The lowest BCUT2D eigenvalue weighted by atomic mass is 10.1. The molecular formula is C23H34N4O4S. The highest BCUT2D eigenvalue weighted by atomic mass is 32.2. The van der Waals surface area contributed by atoms with Gasteiger partial charge in [0.1, 0.15) is 18.9 Å². The van der Waals surface area contributed by atoms with Crippen molar-refractivity contribution >= 4 is 23.9 Å². The van der Waals surface area contributed by atoms with E-state index in [1.807, 2.05) is 43.3 Å². The van der Waals surface area contributed by atoms with E-state index in [2.05, 4.69) is 28.9 Å². The van der Waals surface area contributed by atoms with Crippen LogP contribution in [0.1, 0.15) is 37.3 Å². The molecule has 0 heterocycles. The molecule has 0 atom stereocenters. The molecule has 8 nitrogen and oxygen atoms in total. The number of nitrogens with one attached hydrogen (secondary N) is 1. The average Bonchev–Trinajstić information content (AvgIpc) is 2.77. The molecule has 9 heteroatoms. The van der Waals surface area contributed by atoms with Crippen molar-refractivity contribution in [2.75, 3.05) is 19.8 Å². The molecule has 0 aliphatic carbocycles. The summed E-state index contributed by atoms with van der Waals surface area (Å²) in [6, 6.07) is 16.1. The predicted molar refractivity (Wildman–Crippen MR) is 130 cm³/mol. The smallest absolute Gasteiger partial charge is 0.318 e. The Kier molecular flexibility index (Phi) is 14.2. The Labute approximate surface area is 194 Å². The van der Waals surface area contributed by atoms with Gasteiger partial charge in [-0.25, -0.2) is 4.72 Å². The van der Waals surface area contributed by atoms with Crippen molar-refractivity contribution < 1.29 is 19.5 Å². The van der Waals surface area contributed by atoms with Gasteiger partial charge in [0.15, 0.2) is 0 Å². The third-order valence-electron chi connectivity index (χ3n) is 4.00. The molecule has 2 aromatic carbocycles. The number of nitrogens with zero attached hydrogens (tertiary/aromatic N) is 1. The van der Waals surface area contributed by atoms with E-state index in [1.165, 1.54) is 35.9 Å². The third-order valence-corrected chi connectivity index (χ3v) is 4.79. The molecule has 0 amide bonds. The maximum atomic E-state index is 10.3. The summed E-state index contributed by atoms with van der Waals surface area (Å²) in [6.45, 7) is 5.20. The standard InChI is InChI=1S/C12H17NO2S.C11H17N3O2/c1-2-3-4-10-5-7-11(8-6-10)16-13-9-12(14)15;1-9-3-5-10(6-4-9)15-7-2-8-16-14-11(12)13/h5-8,13H,2-4,9H2,1H3,(H,14,15);3-6H,2,7-8H2,1H3,(H4,12,13,14). The van der Waals surface area contributed by atoms with Crippen molar-refractivity contribution in [1.29, 1.82) is 0 Å². The molecule has 0 saturated carbocycles. The van der Waals surface area contributed by atoms with E-state index in [4.69, 9.17) is 26.1 Å². The van der Waals surface area contributed by atoms with E-state index >= 15 is 0 Å². The first-order valence-corrected chi connectivity index (χ1v) is 11.3. The first-order chi connectivity index (χ1) is 15.4. The molecular weight excluding hydrogens is 428 g/mol. The highest BCUT2D eigenvalue weighted by Gasteiger charge is 1.98. The highest BCUT2D eigenvalue weighted by Crippen LogP contribution is 2.16. The van der Waals surface area contributed by atoms with Crippen molar-refractivity contribution in [3.05, 3.63) is 59.7 Å². The van der Waals surface area contributed by atoms with Crippen LogP contribution in [0.5, 0.6) is 5.75 Å². The monoisotopic (exact) mass is 462 g/mol. The lowest BCUT2D eigenvalue weighted by molar-refractivity contribution is -0.135. The van der Waals surface area contributed by atoms with Crippen LogP contribution in [0, 0.1) is 6.92 Å². The number of guanidine groups is 1. The van der Waals surface area contributed by atoms with Crippen molar-refractivity contribution in [3.63, 3.8) is 0 Å². The van der Waals surface area contributed by atoms with E-state index in [-0.39, 0.29) is 12.5 Å². The van der Waals surface area contributed by atoms with Crippen LogP contribution in [-0.2, 0) is 16.1 Å². The molecule has 2 rings (SSSR count). The van der Waals surface area contributed by atoms with Gasteiger partial charge in [-0.05, 0) is 66.7 Å². The minimum Gasteiger partial charge on any atom is -0.493 e. The van der Waals surface area contributed by atoms with Crippen LogP contribution < -0.4 is 20.9 Å². The lowest BCUT2D eigenvalue weighted by Gasteiger charge is -2.05. The van der Waals surface area contributed by atoms with Gasteiger partial charge in [-0.1, -0.05) is 43.2 Å². The first kappa shape index (κ1) is 27.1. The maximum absolute atomic E-state index is 10.3. The molecule has 0 fully saturated rings. The van der Waals surface area contributed by atoms with Gasteiger partial charge in [0.25, 0.3) is 0 Å². The number of hydrogen-bond donors (Lipinski definition) is 4. The van der Waals surface area contributed by atoms with Crippen molar-refractivity contribution in [2.24, 2.45) is 16.6 Å². The number of oxime groups is 1. The van der Waals surface area contributed by atoms with Crippen LogP contribution >= 0.6 is 11.9 Å². The molecule has 0 radical (unpaired) electrons. The molecule has 0 aliphatic rings. The van der Waals surface area contributed by atoms with Gasteiger partial charge in [-0.15, -0.1) is 0 Å². The first-order valence-electron chi connectivity index (χ1n) is 10.5. The molecule has 2 aromatic rings. The van der Waals surface area contributed by atoms with E-state index in [1.54, 1.807) is 0 Å². The highest BCUT2D eigenvalue weighted by molar-refractivity contribution is 7.97. The van der Waals surface area contributed by atoms with Gasteiger partial charge in [0, 0.05) is 11.3 Å². The Balaban J connectivity index is 0.000000320. The number of benzene rings is 2. The van der Waals surface area contributed by atoms with Crippen LogP contribution in [0.25, 0.3) is 0 Å². The van der Waals surface area contributed by atoms with E-state index < -0.39 is 5.97 Å². The summed E-state index contributed by atoms with van der Waals surface area (Å²) in [5.41, 5.74) is 12.7. The fourth-order valence-corrected chi connectivity index (χ4v) is 2.99. The molecule has 0 saturated heterocycles. The normalized spacial score (nSPS) is 9.94. The molecule has 0 unspecified atom stereocenters. The average molecular weight is 463 g/mol. The summed E-state index contributed by atoms with van der Waals surface area (Å²) < 4.78 is 8.26. The van der Waals surface area contributed by atoms with Gasteiger partial charge < -0.3 is 26.1 Å². The second-order valence-electron chi connectivity index (χ2n) is 6.93. The van der Waals surface area contributed by atoms with Crippen molar-refractivity contribution in [1.82, 2.24) is 4.72 Å². The van der Waals surface area contributed by atoms with Gasteiger partial charge >= 0.3 is 5.97 Å². The summed E-state index contributed by atoms with van der Waals surface area (Å²) in [6.07, 6.45) is 4.26. The number of aryl methyl sites for hydroxylation is 2. The SMILES string of the molecule is CCCCc1ccc(SNCC(=O)O)cc1.Cc1ccc(OCCCON=C(N)N)cc1. The molecule has 0 spiro atoms. The van der Waals surface area contributed by atoms with Crippen LogP contribution in [0.4, 0.5) is 0 Å². The number of nitrogens with two attached hydrogens (primary N) is 2. The fraction of sp³-hybridized carbons (Fsp3) is 0.391. The predicted octanol–water partition coefficient (Wildman–Crippen LogP) is 3.68. The van der Waals surface area contributed by atoms with Crippen LogP contribution in [0.15, 0.2) is 58.6 Å². The van der Waals surface area contributed by atoms with E-state index in [0.717, 1.165) is 23.5 Å². The summed E-state index contributed by atoms with van der Waals surface area (Å²) in [7, 11) is 0. The Morgan fingerprint density at radius 1 is 1.06 bits per heavy atom. The van der Waals surface area contributed by atoms with E-state index in [0.29, 0.717) is 13.2 Å². The molecule has 32 heavy (non-hydrogen) atoms. The maximum Gasteiger partial charge on any atom is 0.318 e. The molecule has 0 aliphatic heterocycles. The fourth-order valence-electron chi connectivity index (χ4n) is 2.35. The molecule has 0 aromatic heterocycles. The Morgan fingerprint density at radius 3 is 2.34 bits per heavy atom. The summed E-state index contributed by atoms with van der Waals surface area (Å²) in [5, 5.41) is 11.9. The number of carboxylic acids is 1. The molecule has 176 valence electrons. The Hall–Kier alpha value is -2.91. The number of unbranched alkanes of at least 4 members (excludes halogenated alkanes) is 1. The number of carbonyl (C=O) groups is 1. The third kappa shape index (κ3) is 14.2. The van der Waals surface area contributed by atoms with Gasteiger partial charge in [-0.3, -0.25) is 4.79 Å². The van der Waals surface area contributed by atoms with Crippen molar-refractivity contribution in [2.45, 2.75) is 44.4 Å². The van der Waals surface area contributed by atoms with Gasteiger partial charge in [-0.2, -0.15) is 0 Å². The second kappa shape index (κ2) is 16.7. The number of aliphatic carboxylic acids is 1. The minimum absolute atomic E-state index is 0.0255. The summed E-state index contributed by atoms with van der Waals surface area (Å²) in [4.78, 5) is 16.1. The Bertz CT molecular complexity index is 795. The topological polar surface area (TPSA) is 132 Å². The van der Waals surface area contributed by atoms with E-state index in [9.17, 15) is 4.79 Å². The van der Waals surface area contributed by atoms with Gasteiger partial charge in [0.2, 0.25) is 5.96 Å². The van der Waals surface area contributed by atoms with Crippen LogP contribution in [0.2, 0.25) is 0 Å². The van der Waals surface area contributed by atoms with Crippen LogP contribution in [-0.4, -0.2) is 36.8 Å². The number of carboxylic acid groups (broad SMARTS) is 1. The zero-order valence-electron chi connectivity index (χ0n) is 18.8. The number of ether oxygens (including phenoxy) is 1. The summed E-state index contributed by atoms with van der Waals surface area (Å²) in [5.74, 6) is -0.0565. The molecule has 0 bridgehead atoms. The largest absolute Gasteiger partial charge is 0.493 e. The zero-order chi connectivity index (χ0) is 23.6. The second-order valence-corrected chi connectivity index (χ2v) is 7.89. The number of hydrogen-bond acceptors (Lipinski definition) is 6. The Morgan fingerprint density at radius 2 is 1.75 bits per heavy atom.